The standard InChI is InChI=1S/C27H29ClN4O6S/c1-7-10-32-24(17(4)38-19-11-15(2)23(28)16(3)12-19)30-31-27(32)39-14-22(33)29-21-13-18(25(34)36-5)8-9-20(21)26(35)37-6/h7-9,11-13,17H,1,10,14H2,2-6H3,(H,29,33). The van der Waals surface area contributed by atoms with E-state index in [0.29, 0.717) is 28.3 Å². The summed E-state index contributed by atoms with van der Waals surface area (Å²) in [6.45, 7) is 9.87. The number of nitrogens with zero attached hydrogens (tertiary/aromatic N) is 3. The molecule has 0 bridgehead atoms. The molecule has 1 unspecified atom stereocenters. The Morgan fingerprint density at radius 3 is 2.38 bits per heavy atom. The molecular weight excluding hydrogens is 544 g/mol. The molecule has 10 nitrogen and oxygen atoms in total. The molecule has 0 saturated heterocycles. The van der Waals surface area contributed by atoms with Gasteiger partial charge in [0.05, 0.1) is 36.8 Å². The van der Waals surface area contributed by atoms with Gasteiger partial charge in [0.2, 0.25) is 5.91 Å². The molecule has 206 valence electrons. The molecule has 1 heterocycles. The van der Waals surface area contributed by atoms with Gasteiger partial charge in [-0.3, -0.25) is 9.36 Å². The summed E-state index contributed by atoms with van der Waals surface area (Å²) in [4.78, 5) is 36.9. The number of ether oxygens (including phenoxy) is 3. The number of methoxy groups -OCH3 is 2. The van der Waals surface area contributed by atoms with Crippen LogP contribution in [0.4, 0.5) is 5.69 Å². The minimum atomic E-state index is -0.662. The molecule has 39 heavy (non-hydrogen) atoms. The third-order valence-electron chi connectivity index (χ3n) is 5.60. The van der Waals surface area contributed by atoms with Gasteiger partial charge in [-0.25, -0.2) is 9.59 Å². The Morgan fingerprint density at radius 2 is 1.77 bits per heavy atom. The number of rotatable bonds is 11. The van der Waals surface area contributed by atoms with Crippen molar-refractivity contribution in [3.05, 3.63) is 76.1 Å². The first kappa shape index (κ1) is 29.7. The van der Waals surface area contributed by atoms with Gasteiger partial charge in [-0.1, -0.05) is 29.4 Å². The fourth-order valence-corrected chi connectivity index (χ4v) is 4.60. The molecule has 0 fully saturated rings. The van der Waals surface area contributed by atoms with Crippen LogP contribution in [-0.4, -0.2) is 52.6 Å². The largest absolute Gasteiger partial charge is 0.483 e. The Bertz CT molecular complexity index is 1380. The lowest BCUT2D eigenvalue weighted by Gasteiger charge is -2.17. The maximum atomic E-state index is 12.8. The van der Waals surface area contributed by atoms with E-state index >= 15 is 0 Å². The molecule has 0 aliphatic rings. The second-order valence-electron chi connectivity index (χ2n) is 8.45. The predicted octanol–water partition coefficient (Wildman–Crippen LogP) is 5.18. The number of carbonyl (C=O) groups is 3. The molecule has 1 aromatic heterocycles. The van der Waals surface area contributed by atoms with Crippen molar-refractivity contribution in [1.82, 2.24) is 14.8 Å². The molecule has 3 aromatic rings. The third kappa shape index (κ3) is 7.18. The first-order valence-electron chi connectivity index (χ1n) is 11.8. The van der Waals surface area contributed by atoms with E-state index in [2.05, 4.69) is 22.1 Å². The number of aryl methyl sites for hydroxylation is 2. The summed E-state index contributed by atoms with van der Waals surface area (Å²) in [6.07, 6.45) is 1.24. The van der Waals surface area contributed by atoms with Crippen LogP contribution in [0.15, 0.2) is 48.1 Å². The number of thioether (sulfide) groups is 1. The molecule has 2 aromatic carbocycles. The monoisotopic (exact) mass is 572 g/mol. The van der Waals surface area contributed by atoms with Gasteiger partial charge < -0.3 is 19.5 Å². The summed E-state index contributed by atoms with van der Waals surface area (Å²) in [6, 6.07) is 7.88. The van der Waals surface area contributed by atoms with E-state index in [4.69, 9.17) is 25.8 Å². The Morgan fingerprint density at radius 1 is 1.10 bits per heavy atom. The molecule has 0 spiro atoms. The van der Waals surface area contributed by atoms with E-state index in [1.165, 1.54) is 32.4 Å². The average Bonchev–Trinajstić information content (AvgIpc) is 3.32. The Balaban J connectivity index is 1.76. The highest BCUT2D eigenvalue weighted by Gasteiger charge is 2.22. The molecule has 3 rings (SSSR count). The highest BCUT2D eigenvalue weighted by atomic mass is 35.5. The normalized spacial score (nSPS) is 11.4. The lowest BCUT2D eigenvalue weighted by Crippen LogP contribution is -2.18. The molecule has 12 heteroatoms. The molecule has 1 atom stereocenters. The second-order valence-corrected chi connectivity index (χ2v) is 9.77. The van der Waals surface area contributed by atoms with E-state index in [9.17, 15) is 14.4 Å². The van der Waals surface area contributed by atoms with E-state index in [0.717, 1.165) is 22.9 Å². The zero-order chi connectivity index (χ0) is 28.7. The minimum absolute atomic E-state index is 0.0524. The van der Waals surface area contributed by atoms with Gasteiger partial charge in [0.15, 0.2) is 17.1 Å². The van der Waals surface area contributed by atoms with Gasteiger partial charge in [0.25, 0.3) is 0 Å². The highest BCUT2D eigenvalue weighted by Crippen LogP contribution is 2.30. The van der Waals surface area contributed by atoms with Crippen molar-refractivity contribution in [2.24, 2.45) is 0 Å². The quantitative estimate of drug-likeness (QED) is 0.188. The van der Waals surface area contributed by atoms with Crippen LogP contribution in [0.2, 0.25) is 5.02 Å². The first-order valence-corrected chi connectivity index (χ1v) is 13.2. The number of aromatic nitrogens is 3. The summed E-state index contributed by atoms with van der Waals surface area (Å²) in [5, 5.41) is 12.4. The van der Waals surface area contributed by atoms with Crippen LogP contribution in [0.25, 0.3) is 0 Å². The Kier molecular flexibility index (Phi) is 10.1. The van der Waals surface area contributed by atoms with Gasteiger partial charge in [-0.2, -0.15) is 0 Å². The maximum Gasteiger partial charge on any atom is 0.339 e. The van der Waals surface area contributed by atoms with Crippen molar-refractivity contribution in [3.8, 4) is 5.75 Å². The zero-order valence-electron chi connectivity index (χ0n) is 22.2. The predicted molar refractivity (Wildman–Crippen MR) is 149 cm³/mol. The van der Waals surface area contributed by atoms with Crippen molar-refractivity contribution in [1.29, 1.82) is 0 Å². The van der Waals surface area contributed by atoms with Gasteiger partial charge >= 0.3 is 11.9 Å². The number of benzene rings is 2. The van der Waals surface area contributed by atoms with E-state index in [1.54, 1.807) is 6.08 Å². The second kappa shape index (κ2) is 13.3. The molecule has 1 amide bonds. The number of halogens is 1. The zero-order valence-corrected chi connectivity index (χ0v) is 23.8. The topological polar surface area (TPSA) is 122 Å². The van der Waals surface area contributed by atoms with Crippen LogP contribution >= 0.6 is 23.4 Å². The van der Waals surface area contributed by atoms with Crippen LogP contribution in [0.3, 0.4) is 0 Å². The van der Waals surface area contributed by atoms with Crippen molar-refractivity contribution < 1.29 is 28.6 Å². The lowest BCUT2D eigenvalue weighted by atomic mass is 10.1. The van der Waals surface area contributed by atoms with Gasteiger partial charge in [-0.15, -0.1) is 16.8 Å². The van der Waals surface area contributed by atoms with Gasteiger partial charge in [0.1, 0.15) is 5.75 Å². The molecule has 0 aliphatic carbocycles. The highest BCUT2D eigenvalue weighted by molar-refractivity contribution is 7.99. The van der Waals surface area contributed by atoms with Crippen LogP contribution in [0.5, 0.6) is 5.75 Å². The number of carbonyl (C=O) groups excluding carboxylic acids is 3. The Hall–Kier alpha value is -3.83. The summed E-state index contributed by atoms with van der Waals surface area (Å²) >= 11 is 7.42. The van der Waals surface area contributed by atoms with Gasteiger partial charge in [0, 0.05) is 11.6 Å². The summed E-state index contributed by atoms with van der Waals surface area (Å²) in [7, 11) is 2.46. The minimum Gasteiger partial charge on any atom is -0.483 e. The number of hydrogen-bond donors (Lipinski definition) is 1. The fraction of sp³-hybridized carbons (Fsp3) is 0.296. The summed E-state index contributed by atoms with van der Waals surface area (Å²) in [5.41, 5.74) is 2.20. The average molecular weight is 573 g/mol. The smallest absolute Gasteiger partial charge is 0.339 e. The number of esters is 2. The van der Waals surface area contributed by atoms with Crippen LogP contribution in [-0.2, 0) is 20.8 Å². The number of allylic oxidation sites excluding steroid dienone is 1. The van der Waals surface area contributed by atoms with Crippen molar-refractivity contribution in [3.63, 3.8) is 0 Å². The van der Waals surface area contributed by atoms with Crippen LogP contribution in [0.1, 0.15) is 50.7 Å². The first-order chi connectivity index (χ1) is 18.6. The van der Waals surface area contributed by atoms with E-state index < -0.39 is 23.9 Å². The van der Waals surface area contributed by atoms with Crippen molar-refractivity contribution in [2.45, 2.75) is 38.6 Å². The molecule has 0 aliphatic heterocycles. The van der Waals surface area contributed by atoms with Crippen LogP contribution < -0.4 is 10.1 Å². The summed E-state index contributed by atoms with van der Waals surface area (Å²) < 4.78 is 17.4. The fourth-order valence-electron chi connectivity index (χ4n) is 3.74. The lowest BCUT2D eigenvalue weighted by molar-refractivity contribution is -0.113. The van der Waals surface area contributed by atoms with E-state index in [1.807, 2.05) is 37.5 Å². The summed E-state index contributed by atoms with van der Waals surface area (Å²) in [5.74, 6) is -0.547. The van der Waals surface area contributed by atoms with Gasteiger partial charge in [-0.05, 0) is 62.2 Å². The molecule has 0 saturated carbocycles. The van der Waals surface area contributed by atoms with E-state index in [-0.39, 0.29) is 22.6 Å². The van der Waals surface area contributed by atoms with Crippen LogP contribution in [0, 0.1) is 13.8 Å². The number of amides is 1. The molecule has 0 radical (unpaired) electrons. The Labute approximate surface area is 235 Å². The number of nitrogens with one attached hydrogen (secondary N) is 1. The molecule has 1 N–H and O–H groups in total. The third-order valence-corrected chi connectivity index (χ3v) is 7.16. The number of hydrogen-bond acceptors (Lipinski definition) is 9. The van der Waals surface area contributed by atoms with Crippen molar-refractivity contribution in [2.75, 3.05) is 25.3 Å². The van der Waals surface area contributed by atoms with Crippen molar-refractivity contribution >= 4 is 46.9 Å². The maximum absolute atomic E-state index is 12.8. The SMILES string of the molecule is C=CCn1c(SCC(=O)Nc2cc(C(=O)OC)ccc2C(=O)OC)nnc1C(C)Oc1cc(C)c(Cl)c(C)c1. The number of anilines is 1. The molecular formula is C27H29ClN4O6S.